The first-order valence-corrected chi connectivity index (χ1v) is 12.7. The number of carbonyl (C=O) groups excluding carboxylic acids is 2. The van der Waals surface area contributed by atoms with Gasteiger partial charge in [0.05, 0.1) is 0 Å². The maximum Gasteiger partial charge on any atom is 0.253 e. The molecule has 6 rings (SSSR count). The summed E-state index contributed by atoms with van der Waals surface area (Å²) in [4.78, 5) is 29.7. The van der Waals surface area contributed by atoms with Crippen molar-refractivity contribution in [1.29, 1.82) is 0 Å². The number of carbonyl (C=O) groups is 2. The molecule has 4 aromatic rings. The summed E-state index contributed by atoms with van der Waals surface area (Å²) in [6, 6.07) is 22.1. The highest BCUT2D eigenvalue weighted by molar-refractivity contribution is 6.03. The fraction of sp³-hybridized carbons (Fsp3) is 0.267. The number of likely N-dealkylation sites (tertiary alicyclic amines) is 2. The van der Waals surface area contributed by atoms with E-state index in [4.69, 9.17) is 0 Å². The minimum absolute atomic E-state index is 0.0150. The van der Waals surface area contributed by atoms with Gasteiger partial charge in [0, 0.05) is 79.1 Å². The molecule has 2 fully saturated rings. The van der Waals surface area contributed by atoms with Gasteiger partial charge in [0.25, 0.3) is 11.8 Å². The van der Waals surface area contributed by atoms with Crippen molar-refractivity contribution in [2.24, 2.45) is 7.05 Å². The average Bonchev–Trinajstić information content (AvgIpc) is 3.50. The number of rotatable bonds is 5. The SMILES string of the molecule is Cn1cc(-c2ccc(F)cc2)c2cc(C(=O)N3CC(N[C@H]4CCN(C(=O)c5ccccc5)C4)C3)ccc21. The van der Waals surface area contributed by atoms with Crippen LogP contribution in [0.1, 0.15) is 27.1 Å². The summed E-state index contributed by atoms with van der Waals surface area (Å²) in [6.45, 7) is 2.74. The number of aromatic nitrogens is 1. The van der Waals surface area contributed by atoms with Crippen LogP contribution >= 0.6 is 0 Å². The van der Waals surface area contributed by atoms with Crippen LogP contribution in [0.25, 0.3) is 22.0 Å². The standard InChI is InChI=1S/C30H29FN4O2/c1-33-19-27(20-7-10-23(31)11-8-20)26-15-22(9-12-28(26)33)30(37)35-17-25(18-35)32-24-13-14-34(16-24)29(36)21-5-3-2-4-6-21/h2-12,15,19,24-25,32H,13-14,16-18H2,1H3/t24-/m0/s1. The van der Waals surface area contributed by atoms with Crippen LogP contribution in [0, 0.1) is 5.82 Å². The summed E-state index contributed by atoms with van der Waals surface area (Å²) in [7, 11) is 1.97. The summed E-state index contributed by atoms with van der Waals surface area (Å²) >= 11 is 0. The van der Waals surface area contributed by atoms with E-state index in [-0.39, 0.29) is 29.7 Å². The van der Waals surface area contributed by atoms with E-state index in [9.17, 15) is 14.0 Å². The summed E-state index contributed by atoms with van der Waals surface area (Å²) in [5, 5.41) is 4.61. The van der Waals surface area contributed by atoms with Gasteiger partial charge in [0.2, 0.25) is 0 Å². The van der Waals surface area contributed by atoms with Gasteiger partial charge in [0.15, 0.2) is 0 Å². The van der Waals surface area contributed by atoms with E-state index in [1.165, 1.54) is 12.1 Å². The number of fused-ring (bicyclic) bond motifs is 1. The second-order valence-electron chi connectivity index (χ2n) is 10.1. The Bertz CT molecular complexity index is 1460. The second kappa shape index (κ2) is 9.48. The number of nitrogens with one attached hydrogen (secondary N) is 1. The molecule has 37 heavy (non-hydrogen) atoms. The molecule has 0 spiro atoms. The van der Waals surface area contributed by atoms with Crippen molar-refractivity contribution in [3.63, 3.8) is 0 Å². The van der Waals surface area contributed by atoms with Crippen molar-refractivity contribution < 1.29 is 14.0 Å². The third kappa shape index (κ3) is 4.51. The Hall–Kier alpha value is -3.97. The van der Waals surface area contributed by atoms with E-state index in [1.807, 2.05) is 76.1 Å². The van der Waals surface area contributed by atoms with Gasteiger partial charge in [-0.2, -0.15) is 0 Å². The van der Waals surface area contributed by atoms with Crippen molar-refractivity contribution in [2.45, 2.75) is 18.5 Å². The molecular weight excluding hydrogens is 467 g/mol. The smallest absolute Gasteiger partial charge is 0.253 e. The Kier molecular flexibility index (Phi) is 6.00. The third-order valence-corrected chi connectivity index (χ3v) is 7.53. The molecule has 1 atom stereocenters. The minimum atomic E-state index is -0.270. The van der Waals surface area contributed by atoms with E-state index in [0.29, 0.717) is 25.2 Å². The first kappa shape index (κ1) is 23.4. The molecule has 1 aromatic heterocycles. The number of hydrogen-bond donors (Lipinski definition) is 1. The summed E-state index contributed by atoms with van der Waals surface area (Å²) < 4.78 is 15.5. The average molecular weight is 497 g/mol. The molecule has 7 heteroatoms. The Morgan fingerprint density at radius 2 is 1.54 bits per heavy atom. The molecule has 0 aliphatic carbocycles. The van der Waals surface area contributed by atoms with Crippen LogP contribution in [-0.4, -0.2) is 64.4 Å². The minimum Gasteiger partial charge on any atom is -0.350 e. The maximum atomic E-state index is 13.4. The lowest BCUT2D eigenvalue weighted by Gasteiger charge is -2.41. The van der Waals surface area contributed by atoms with Gasteiger partial charge < -0.3 is 19.7 Å². The predicted octanol–water partition coefficient (Wildman–Crippen LogP) is 4.31. The Balaban J connectivity index is 1.08. The maximum absolute atomic E-state index is 13.4. The Morgan fingerprint density at radius 1 is 0.838 bits per heavy atom. The van der Waals surface area contributed by atoms with Gasteiger partial charge in [-0.25, -0.2) is 4.39 Å². The molecule has 0 unspecified atom stereocenters. The van der Waals surface area contributed by atoms with Gasteiger partial charge in [-0.3, -0.25) is 9.59 Å². The lowest BCUT2D eigenvalue weighted by molar-refractivity contribution is 0.0553. The van der Waals surface area contributed by atoms with E-state index < -0.39 is 0 Å². The summed E-state index contributed by atoms with van der Waals surface area (Å²) in [5.74, 6) is -0.179. The van der Waals surface area contributed by atoms with Crippen LogP contribution in [0.4, 0.5) is 4.39 Å². The van der Waals surface area contributed by atoms with Crippen molar-refractivity contribution in [1.82, 2.24) is 19.7 Å². The molecular formula is C30H29FN4O2. The number of amides is 2. The fourth-order valence-electron chi connectivity index (χ4n) is 5.49. The van der Waals surface area contributed by atoms with Crippen LogP contribution < -0.4 is 5.32 Å². The summed E-state index contributed by atoms with van der Waals surface area (Å²) in [5.41, 5.74) is 4.30. The van der Waals surface area contributed by atoms with Crippen LogP contribution in [0.2, 0.25) is 0 Å². The number of hydrogen-bond acceptors (Lipinski definition) is 3. The first-order chi connectivity index (χ1) is 18.0. The normalized spacial score (nSPS) is 17.8. The van der Waals surface area contributed by atoms with Crippen LogP contribution in [-0.2, 0) is 7.05 Å². The van der Waals surface area contributed by atoms with E-state index in [0.717, 1.165) is 40.6 Å². The van der Waals surface area contributed by atoms with E-state index in [1.54, 1.807) is 12.1 Å². The number of halogens is 1. The molecule has 3 heterocycles. The van der Waals surface area contributed by atoms with Crippen molar-refractivity contribution in [2.75, 3.05) is 26.2 Å². The first-order valence-electron chi connectivity index (χ1n) is 12.7. The van der Waals surface area contributed by atoms with Gasteiger partial charge >= 0.3 is 0 Å². The Morgan fingerprint density at radius 3 is 2.30 bits per heavy atom. The van der Waals surface area contributed by atoms with Crippen molar-refractivity contribution >= 4 is 22.7 Å². The second-order valence-corrected chi connectivity index (χ2v) is 10.1. The quantitative estimate of drug-likeness (QED) is 0.448. The lowest BCUT2D eigenvalue weighted by Crippen LogP contribution is -2.62. The zero-order chi connectivity index (χ0) is 25.5. The molecule has 0 bridgehead atoms. The van der Waals surface area contributed by atoms with Crippen LogP contribution in [0.5, 0.6) is 0 Å². The molecule has 2 aliphatic rings. The van der Waals surface area contributed by atoms with Gasteiger partial charge in [0.1, 0.15) is 5.82 Å². The molecule has 2 amide bonds. The topological polar surface area (TPSA) is 57.6 Å². The number of nitrogens with zero attached hydrogens (tertiary/aromatic N) is 3. The highest BCUT2D eigenvalue weighted by Crippen LogP contribution is 2.31. The van der Waals surface area contributed by atoms with Crippen LogP contribution in [0.15, 0.2) is 79.0 Å². The number of aryl methyl sites for hydroxylation is 1. The zero-order valence-corrected chi connectivity index (χ0v) is 20.7. The van der Waals surface area contributed by atoms with Crippen LogP contribution in [0.3, 0.4) is 0 Å². The molecule has 0 saturated carbocycles. The monoisotopic (exact) mass is 496 g/mol. The zero-order valence-electron chi connectivity index (χ0n) is 20.7. The predicted molar refractivity (Wildman–Crippen MR) is 142 cm³/mol. The van der Waals surface area contributed by atoms with Crippen molar-refractivity contribution in [3.8, 4) is 11.1 Å². The molecule has 2 aliphatic heterocycles. The summed E-state index contributed by atoms with van der Waals surface area (Å²) in [6.07, 6.45) is 2.93. The van der Waals surface area contributed by atoms with Gasteiger partial charge in [-0.1, -0.05) is 30.3 Å². The third-order valence-electron chi connectivity index (χ3n) is 7.53. The molecule has 0 radical (unpaired) electrons. The Labute approximate surface area is 215 Å². The van der Waals surface area contributed by atoms with E-state index >= 15 is 0 Å². The molecule has 6 nitrogen and oxygen atoms in total. The molecule has 2 saturated heterocycles. The fourth-order valence-corrected chi connectivity index (χ4v) is 5.49. The highest BCUT2D eigenvalue weighted by atomic mass is 19.1. The lowest BCUT2D eigenvalue weighted by atomic mass is 10.0. The molecule has 1 N–H and O–H groups in total. The highest BCUT2D eigenvalue weighted by Gasteiger charge is 2.35. The van der Waals surface area contributed by atoms with E-state index in [2.05, 4.69) is 5.32 Å². The van der Waals surface area contributed by atoms with Gasteiger partial charge in [-0.05, 0) is 54.4 Å². The molecule has 188 valence electrons. The number of benzene rings is 3. The largest absolute Gasteiger partial charge is 0.350 e. The van der Waals surface area contributed by atoms with Gasteiger partial charge in [-0.15, -0.1) is 0 Å². The molecule has 3 aromatic carbocycles. The van der Waals surface area contributed by atoms with Crippen molar-refractivity contribution in [3.05, 3.63) is 95.9 Å².